The lowest BCUT2D eigenvalue weighted by Crippen LogP contribution is -2.37. The van der Waals surface area contributed by atoms with Gasteiger partial charge < -0.3 is 5.32 Å². The highest BCUT2D eigenvalue weighted by Crippen LogP contribution is 2.21. The first-order chi connectivity index (χ1) is 11.2. The van der Waals surface area contributed by atoms with Gasteiger partial charge in [-0.3, -0.25) is 9.10 Å². The average molecular weight is 419 g/mol. The minimum atomic E-state index is -3.73. The van der Waals surface area contributed by atoms with Crippen molar-refractivity contribution in [2.24, 2.45) is 0 Å². The number of halogens is 3. The summed E-state index contributed by atoms with van der Waals surface area (Å²) in [5.41, 5.74) is 0.0566. The van der Waals surface area contributed by atoms with Gasteiger partial charge in [0.25, 0.3) is 0 Å². The van der Waals surface area contributed by atoms with E-state index in [-0.39, 0.29) is 11.4 Å². The first-order valence-corrected chi connectivity index (χ1v) is 9.29. The lowest BCUT2D eigenvalue weighted by atomic mass is 10.3. The summed E-state index contributed by atoms with van der Waals surface area (Å²) in [7, 11) is -3.73. The first kappa shape index (κ1) is 18.3. The van der Waals surface area contributed by atoms with Crippen LogP contribution in [0.1, 0.15) is 0 Å². The predicted octanol–water partition coefficient (Wildman–Crippen LogP) is 3.13. The fourth-order valence-corrected chi connectivity index (χ4v) is 3.04. The van der Waals surface area contributed by atoms with Gasteiger partial charge in [0.05, 0.1) is 17.6 Å². The molecule has 128 valence electrons. The third kappa shape index (κ3) is 4.75. The van der Waals surface area contributed by atoms with Crippen LogP contribution < -0.4 is 9.62 Å². The van der Waals surface area contributed by atoms with Gasteiger partial charge in [0, 0.05) is 10.5 Å². The van der Waals surface area contributed by atoms with Crippen molar-refractivity contribution >= 4 is 43.2 Å². The van der Waals surface area contributed by atoms with Crippen molar-refractivity contribution in [1.29, 1.82) is 0 Å². The minimum absolute atomic E-state index is 0.231. The summed E-state index contributed by atoms with van der Waals surface area (Å²) in [6.07, 6.45) is 0.959. The molecule has 0 saturated carbocycles. The van der Waals surface area contributed by atoms with Gasteiger partial charge in [-0.1, -0.05) is 15.9 Å². The highest BCUT2D eigenvalue weighted by Gasteiger charge is 2.21. The number of carbonyl (C=O) groups is 1. The van der Waals surface area contributed by atoms with Crippen LogP contribution in [0, 0.1) is 11.6 Å². The second kappa shape index (κ2) is 7.27. The molecule has 0 spiro atoms. The number of nitrogens with one attached hydrogen (secondary N) is 1. The highest BCUT2D eigenvalue weighted by atomic mass is 79.9. The summed E-state index contributed by atoms with van der Waals surface area (Å²) < 4.78 is 51.9. The summed E-state index contributed by atoms with van der Waals surface area (Å²) in [6.45, 7) is -0.544. The molecule has 0 aliphatic rings. The van der Waals surface area contributed by atoms with E-state index in [1.165, 1.54) is 12.1 Å². The summed E-state index contributed by atoms with van der Waals surface area (Å²) in [5.74, 6) is -2.48. The third-order valence-electron chi connectivity index (χ3n) is 3.01. The van der Waals surface area contributed by atoms with Gasteiger partial charge in [-0.15, -0.1) is 0 Å². The van der Waals surface area contributed by atoms with E-state index in [1.54, 1.807) is 12.1 Å². The van der Waals surface area contributed by atoms with Crippen LogP contribution in [0.3, 0.4) is 0 Å². The van der Waals surface area contributed by atoms with E-state index >= 15 is 0 Å². The van der Waals surface area contributed by atoms with E-state index in [9.17, 15) is 22.0 Å². The molecular formula is C15H13BrF2N2O3S. The quantitative estimate of drug-likeness (QED) is 0.810. The molecule has 0 bridgehead atoms. The van der Waals surface area contributed by atoms with Crippen molar-refractivity contribution in [3.8, 4) is 0 Å². The zero-order chi connectivity index (χ0) is 17.9. The summed E-state index contributed by atoms with van der Waals surface area (Å²) in [4.78, 5) is 12.1. The summed E-state index contributed by atoms with van der Waals surface area (Å²) >= 11 is 3.23. The molecule has 0 aliphatic carbocycles. The number of hydrogen-bond donors (Lipinski definition) is 1. The van der Waals surface area contributed by atoms with Gasteiger partial charge in [-0.05, 0) is 36.4 Å². The molecule has 2 rings (SSSR count). The van der Waals surface area contributed by atoms with Crippen LogP contribution in [0.25, 0.3) is 0 Å². The lowest BCUT2D eigenvalue weighted by molar-refractivity contribution is -0.114. The topological polar surface area (TPSA) is 66.5 Å². The number of sulfonamides is 1. The molecule has 0 saturated heterocycles. The van der Waals surface area contributed by atoms with Crippen LogP contribution in [-0.2, 0) is 14.8 Å². The maximum absolute atomic E-state index is 13.6. The van der Waals surface area contributed by atoms with Crippen LogP contribution >= 0.6 is 15.9 Å². The Hall–Kier alpha value is -2.00. The fourth-order valence-electron chi connectivity index (χ4n) is 1.92. The molecule has 2 aromatic rings. The monoisotopic (exact) mass is 418 g/mol. The fraction of sp³-hybridized carbons (Fsp3) is 0.133. The van der Waals surface area contributed by atoms with E-state index in [4.69, 9.17) is 0 Å². The Bertz CT molecular complexity index is 858. The van der Waals surface area contributed by atoms with Crippen LogP contribution in [0.2, 0.25) is 0 Å². The van der Waals surface area contributed by atoms with Crippen LogP contribution in [0.4, 0.5) is 20.2 Å². The number of nitrogens with zero attached hydrogens (tertiary/aromatic N) is 1. The standard InChI is InChI=1S/C15H13BrF2N2O3S/c1-24(22,23)20(12-5-2-10(16)3-6-12)9-15(21)19-14-7-4-11(17)8-13(14)18/h2-8H,9H2,1H3,(H,19,21). The van der Waals surface area contributed by atoms with E-state index in [2.05, 4.69) is 21.2 Å². The van der Waals surface area contributed by atoms with Gasteiger partial charge in [0.2, 0.25) is 15.9 Å². The second-order valence-corrected chi connectivity index (χ2v) is 7.74. The lowest BCUT2D eigenvalue weighted by Gasteiger charge is -2.22. The maximum Gasteiger partial charge on any atom is 0.245 e. The number of rotatable bonds is 5. The van der Waals surface area contributed by atoms with Crippen molar-refractivity contribution in [2.75, 3.05) is 22.4 Å². The zero-order valence-corrected chi connectivity index (χ0v) is 14.9. The smallest absolute Gasteiger partial charge is 0.245 e. The number of anilines is 2. The van der Waals surface area contributed by atoms with Crippen molar-refractivity contribution < 1.29 is 22.0 Å². The highest BCUT2D eigenvalue weighted by molar-refractivity contribution is 9.10. The molecular weight excluding hydrogens is 406 g/mol. The molecule has 5 nitrogen and oxygen atoms in total. The molecule has 24 heavy (non-hydrogen) atoms. The largest absolute Gasteiger partial charge is 0.322 e. The Balaban J connectivity index is 2.20. The molecule has 2 aromatic carbocycles. The van der Waals surface area contributed by atoms with Crippen molar-refractivity contribution in [3.05, 3.63) is 58.6 Å². The van der Waals surface area contributed by atoms with Crippen LogP contribution in [0.5, 0.6) is 0 Å². The first-order valence-electron chi connectivity index (χ1n) is 6.65. The molecule has 9 heteroatoms. The Kier molecular flexibility index (Phi) is 5.55. The molecule has 0 unspecified atom stereocenters. The molecule has 0 fully saturated rings. The Morgan fingerprint density at radius 2 is 1.79 bits per heavy atom. The normalized spacial score (nSPS) is 11.2. The van der Waals surface area contributed by atoms with Crippen LogP contribution in [0.15, 0.2) is 46.9 Å². The molecule has 0 aromatic heterocycles. The van der Waals surface area contributed by atoms with Gasteiger partial charge in [0.1, 0.15) is 18.2 Å². The SMILES string of the molecule is CS(=O)(=O)N(CC(=O)Nc1ccc(F)cc1F)c1ccc(Br)cc1. The molecule has 0 atom stereocenters. The Labute approximate surface area is 146 Å². The molecule has 0 heterocycles. The van der Waals surface area contributed by atoms with E-state index in [0.29, 0.717) is 6.07 Å². The Morgan fingerprint density at radius 3 is 2.33 bits per heavy atom. The van der Waals surface area contributed by atoms with Crippen molar-refractivity contribution in [2.45, 2.75) is 0 Å². The second-order valence-electron chi connectivity index (χ2n) is 4.92. The van der Waals surface area contributed by atoms with Gasteiger partial charge >= 0.3 is 0 Å². The molecule has 0 radical (unpaired) electrons. The predicted molar refractivity (Wildman–Crippen MR) is 91.3 cm³/mol. The average Bonchev–Trinajstić information content (AvgIpc) is 2.48. The van der Waals surface area contributed by atoms with Crippen molar-refractivity contribution in [3.63, 3.8) is 0 Å². The Morgan fingerprint density at radius 1 is 1.17 bits per heavy atom. The third-order valence-corrected chi connectivity index (χ3v) is 4.68. The van der Waals surface area contributed by atoms with E-state index < -0.39 is 34.1 Å². The summed E-state index contributed by atoms with van der Waals surface area (Å²) in [5, 5.41) is 2.23. The number of carbonyl (C=O) groups excluding carboxylic acids is 1. The van der Waals surface area contributed by atoms with Gasteiger partial charge in [-0.2, -0.15) is 0 Å². The summed E-state index contributed by atoms with van der Waals surface area (Å²) in [6, 6.07) is 8.98. The molecule has 1 N–H and O–H groups in total. The molecule has 0 aliphatic heterocycles. The number of amides is 1. The van der Waals surface area contributed by atoms with Crippen molar-refractivity contribution in [1.82, 2.24) is 0 Å². The van der Waals surface area contributed by atoms with Crippen LogP contribution in [-0.4, -0.2) is 27.1 Å². The number of benzene rings is 2. The zero-order valence-electron chi connectivity index (χ0n) is 12.5. The minimum Gasteiger partial charge on any atom is -0.322 e. The van der Waals surface area contributed by atoms with E-state index in [1.807, 2.05) is 0 Å². The number of hydrogen-bond acceptors (Lipinski definition) is 3. The van der Waals surface area contributed by atoms with Gasteiger partial charge in [0.15, 0.2) is 0 Å². The maximum atomic E-state index is 13.6. The van der Waals surface area contributed by atoms with E-state index in [0.717, 1.165) is 27.2 Å². The molecule has 1 amide bonds. The van der Waals surface area contributed by atoms with Gasteiger partial charge in [-0.25, -0.2) is 17.2 Å².